The lowest BCUT2D eigenvalue weighted by Gasteiger charge is -2.12. The number of hydrogen-bond acceptors (Lipinski definition) is 4. The number of rotatable bonds is 5. The fourth-order valence-electron chi connectivity index (χ4n) is 2.44. The van der Waals surface area contributed by atoms with Crippen LogP contribution in [0.15, 0.2) is 36.4 Å². The zero-order chi connectivity index (χ0) is 16.4. The molecule has 120 valence electrons. The predicted octanol–water partition coefficient (Wildman–Crippen LogP) is 2.90. The highest BCUT2D eigenvalue weighted by molar-refractivity contribution is 7.20. The van der Waals surface area contributed by atoms with Crippen molar-refractivity contribution in [3.63, 3.8) is 0 Å². The van der Waals surface area contributed by atoms with E-state index in [1.54, 1.807) is 0 Å². The molecule has 0 spiro atoms. The van der Waals surface area contributed by atoms with Crippen molar-refractivity contribution in [3.05, 3.63) is 47.0 Å². The molecule has 0 fully saturated rings. The molecule has 23 heavy (non-hydrogen) atoms. The normalized spacial score (nSPS) is 12.5. The van der Waals surface area contributed by atoms with Gasteiger partial charge in [0.05, 0.1) is 28.9 Å². The van der Waals surface area contributed by atoms with E-state index in [1.807, 2.05) is 54.9 Å². The van der Waals surface area contributed by atoms with Gasteiger partial charge >= 0.3 is 0 Å². The lowest BCUT2D eigenvalue weighted by atomic mass is 10.2. The van der Waals surface area contributed by atoms with Gasteiger partial charge in [0.1, 0.15) is 4.83 Å². The molecule has 3 aromatic rings. The van der Waals surface area contributed by atoms with E-state index in [0.717, 1.165) is 21.6 Å². The number of fused-ring (bicyclic) bond motifs is 1. The first-order valence-corrected chi connectivity index (χ1v) is 8.42. The van der Waals surface area contributed by atoms with Gasteiger partial charge in [0.25, 0.3) is 5.91 Å². The van der Waals surface area contributed by atoms with E-state index < -0.39 is 0 Å². The molecule has 0 saturated carbocycles. The Kier molecular flexibility index (Phi) is 4.45. The summed E-state index contributed by atoms with van der Waals surface area (Å²) in [6, 6.07) is 11.5. The van der Waals surface area contributed by atoms with Crippen molar-refractivity contribution in [3.8, 4) is 5.69 Å². The van der Waals surface area contributed by atoms with Crippen LogP contribution in [0.3, 0.4) is 0 Å². The van der Waals surface area contributed by atoms with Crippen molar-refractivity contribution >= 4 is 27.5 Å². The van der Waals surface area contributed by atoms with E-state index in [4.69, 9.17) is 0 Å². The lowest BCUT2D eigenvalue weighted by molar-refractivity contribution is 0.0919. The summed E-state index contributed by atoms with van der Waals surface area (Å²) in [6.45, 7) is 3.83. The van der Waals surface area contributed by atoms with Crippen LogP contribution in [-0.4, -0.2) is 33.4 Å². The van der Waals surface area contributed by atoms with Gasteiger partial charge in [-0.2, -0.15) is 5.10 Å². The Morgan fingerprint density at radius 2 is 2.13 bits per heavy atom. The molecule has 0 unspecified atom stereocenters. The quantitative estimate of drug-likeness (QED) is 0.756. The summed E-state index contributed by atoms with van der Waals surface area (Å²) in [5.41, 5.74) is 1.87. The number of carbonyl (C=O) groups is 1. The maximum atomic E-state index is 12.4. The third kappa shape index (κ3) is 3.00. The van der Waals surface area contributed by atoms with Crippen LogP contribution in [0.1, 0.15) is 28.7 Å². The highest BCUT2D eigenvalue weighted by Gasteiger charge is 2.18. The minimum atomic E-state index is -0.209. The smallest absolute Gasteiger partial charge is 0.261 e. The van der Waals surface area contributed by atoms with Crippen molar-refractivity contribution in [2.75, 3.05) is 6.61 Å². The number of nitrogens with zero attached hydrogens (tertiary/aromatic N) is 2. The van der Waals surface area contributed by atoms with E-state index in [2.05, 4.69) is 10.4 Å². The zero-order valence-corrected chi connectivity index (χ0v) is 13.9. The molecule has 0 aliphatic carbocycles. The fourth-order valence-corrected chi connectivity index (χ4v) is 3.52. The first-order chi connectivity index (χ1) is 11.1. The van der Waals surface area contributed by atoms with Crippen molar-refractivity contribution < 1.29 is 9.90 Å². The summed E-state index contributed by atoms with van der Waals surface area (Å²) in [6.07, 6.45) is 0.698. The van der Waals surface area contributed by atoms with Gasteiger partial charge < -0.3 is 10.4 Å². The SMILES string of the molecule is CC[C@H](CO)NC(=O)c1cc2c(C)nn(-c3ccccc3)c2s1. The molecule has 0 aliphatic heterocycles. The van der Waals surface area contributed by atoms with Crippen LogP contribution in [0, 0.1) is 6.92 Å². The molecule has 1 atom stereocenters. The maximum absolute atomic E-state index is 12.4. The molecule has 1 aromatic carbocycles. The summed E-state index contributed by atoms with van der Waals surface area (Å²) < 4.78 is 1.87. The number of thiophene rings is 1. The molecular weight excluding hydrogens is 310 g/mol. The molecule has 0 bridgehead atoms. The number of benzene rings is 1. The Hall–Kier alpha value is -2.18. The van der Waals surface area contributed by atoms with Crippen molar-refractivity contribution in [2.45, 2.75) is 26.3 Å². The van der Waals surface area contributed by atoms with E-state index in [0.29, 0.717) is 11.3 Å². The van der Waals surface area contributed by atoms with Crippen LogP contribution in [0.5, 0.6) is 0 Å². The molecule has 5 nitrogen and oxygen atoms in total. The zero-order valence-electron chi connectivity index (χ0n) is 13.1. The molecule has 3 rings (SSSR count). The summed E-state index contributed by atoms with van der Waals surface area (Å²) in [5, 5.41) is 17.6. The van der Waals surface area contributed by atoms with E-state index >= 15 is 0 Å². The third-order valence-corrected chi connectivity index (χ3v) is 4.93. The number of carbonyl (C=O) groups excluding carboxylic acids is 1. The number of nitrogens with one attached hydrogen (secondary N) is 1. The Morgan fingerprint density at radius 1 is 1.39 bits per heavy atom. The fraction of sp³-hybridized carbons (Fsp3) is 0.294. The minimum Gasteiger partial charge on any atom is -0.394 e. The third-order valence-electron chi connectivity index (χ3n) is 3.82. The summed E-state index contributed by atoms with van der Waals surface area (Å²) in [7, 11) is 0. The largest absolute Gasteiger partial charge is 0.394 e. The highest BCUT2D eigenvalue weighted by Crippen LogP contribution is 2.30. The Morgan fingerprint density at radius 3 is 2.78 bits per heavy atom. The van der Waals surface area contributed by atoms with E-state index in [1.165, 1.54) is 11.3 Å². The van der Waals surface area contributed by atoms with Gasteiger partial charge in [0.15, 0.2) is 0 Å². The number of amides is 1. The van der Waals surface area contributed by atoms with Gasteiger partial charge in [-0.25, -0.2) is 4.68 Å². The molecule has 1 amide bonds. The van der Waals surface area contributed by atoms with Gasteiger partial charge in [-0.1, -0.05) is 25.1 Å². The van der Waals surface area contributed by atoms with Crippen LogP contribution < -0.4 is 5.32 Å². The maximum Gasteiger partial charge on any atom is 0.261 e. The molecule has 2 aromatic heterocycles. The van der Waals surface area contributed by atoms with Gasteiger partial charge in [-0.05, 0) is 31.5 Å². The molecule has 2 N–H and O–H groups in total. The van der Waals surface area contributed by atoms with Crippen molar-refractivity contribution in [2.24, 2.45) is 0 Å². The first-order valence-electron chi connectivity index (χ1n) is 7.60. The van der Waals surface area contributed by atoms with Gasteiger partial charge in [-0.3, -0.25) is 4.79 Å². The second-order valence-corrected chi connectivity index (χ2v) is 6.45. The number of aliphatic hydroxyl groups excluding tert-OH is 1. The second-order valence-electron chi connectivity index (χ2n) is 5.42. The average molecular weight is 329 g/mol. The standard InChI is InChI=1S/C17H19N3O2S/c1-3-12(10-21)18-16(22)15-9-14-11(2)19-20(17(14)23-15)13-7-5-4-6-8-13/h4-9,12,21H,3,10H2,1-2H3,(H,18,22)/t12-/m1/s1. The second kappa shape index (κ2) is 6.52. The molecule has 0 saturated heterocycles. The monoisotopic (exact) mass is 329 g/mol. The average Bonchev–Trinajstić information content (AvgIpc) is 3.14. The Bertz CT molecular complexity index is 819. The predicted molar refractivity (Wildman–Crippen MR) is 92.3 cm³/mol. The summed E-state index contributed by atoms with van der Waals surface area (Å²) in [4.78, 5) is 13.9. The van der Waals surface area contributed by atoms with E-state index in [9.17, 15) is 9.90 Å². The molecular formula is C17H19N3O2S. The molecule has 6 heteroatoms. The topological polar surface area (TPSA) is 67.2 Å². The molecule has 0 radical (unpaired) electrons. The number of para-hydroxylation sites is 1. The number of aromatic nitrogens is 2. The minimum absolute atomic E-state index is 0.0516. The van der Waals surface area contributed by atoms with Gasteiger partial charge in [0, 0.05) is 5.39 Å². The van der Waals surface area contributed by atoms with Crippen LogP contribution in [0.4, 0.5) is 0 Å². The Balaban J connectivity index is 1.98. The van der Waals surface area contributed by atoms with E-state index in [-0.39, 0.29) is 18.6 Å². The highest BCUT2D eigenvalue weighted by atomic mass is 32.1. The summed E-state index contributed by atoms with van der Waals surface area (Å²) in [5.74, 6) is -0.147. The first kappa shape index (κ1) is 15.7. The molecule has 0 aliphatic rings. The lowest BCUT2D eigenvalue weighted by Crippen LogP contribution is -2.36. The van der Waals surface area contributed by atoms with Crippen LogP contribution in [0.25, 0.3) is 15.9 Å². The number of aliphatic hydroxyl groups is 1. The van der Waals surface area contributed by atoms with Gasteiger partial charge in [0.2, 0.25) is 0 Å². The summed E-state index contributed by atoms with van der Waals surface area (Å²) >= 11 is 1.42. The van der Waals surface area contributed by atoms with Gasteiger partial charge in [-0.15, -0.1) is 11.3 Å². The van der Waals surface area contributed by atoms with Crippen LogP contribution in [-0.2, 0) is 0 Å². The van der Waals surface area contributed by atoms with Crippen molar-refractivity contribution in [1.29, 1.82) is 0 Å². The molecule has 2 heterocycles. The van der Waals surface area contributed by atoms with Crippen LogP contribution in [0.2, 0.25) is 0 Å². The number of aryl methyl sites for hydroxylation is 1. The van der Waals surface area contributed by atoms with Crippen LogP contribution >= 0.6 is 11.3 Å². The number of hydrogen-bond donors (Lipinski definition) is 2. The van der Waals surface area contributed by atoms with Crippen molar-refractivity contribution in [1.82, 2.24) is 15.1 Å². The Labute approximate surface area is 138 Å².